The van der Waals surface area contributed by atoms with Crippen molar-refractivity contribution in [2.75, 3.05) is 26.2 Å². The summed E-state index contributed by atoms with van der Waals surface area (Å²) in [6.07, 6.45) is 8.86. The van der Waals surface area contributed by atoms with Crippen molar-refractivity contribution in [1.29, 1.82) is 0 Å². The normalized spacial score (nSPS) is 18.6. The fourth-order valence-corrected chi connectivity index (χ4v) is 6.35. The van der Waals surface area contributed by atoms with Crippen LogP contribution in [0.5, 0.6) is 0 Å². The van der Waals surface area contributed by atoms with Gasteiger partial charge in [-0.25, -0.2) is 4.98 Å². The van der Waals surface area contributed by atoms with Crippen LogP contribution in [0, 0.1) is 0 Å². The van der Waals surface area contributed by atoms with E-state index in [1.807, 2.05) is 35.2 Å². The summed E-state index contributed by atoms with van der Waals surface area (Å²) in [5.41, 5.74) is 4.00. The van der Waals surface area contributed by atoms with Gasteiger partial charge in [0.2, 0.25) is 0 Å². The minimum Gasteiger partial charge on any atom is -0.336 e. The zero-order valence-electron chi connectivity index (χ0n) is 18.2. The second-order valence-corrected chi connectivity index (χ2v) is 10.1. The van der Waals surface area contributed by atoms with Gasteiger partial charge in [-0.2, -0.15) is 0 Å². The van der Waals surface area contributed by atoms with Crippen LogP contribution in [0.25, 0.3) is 26.4 Å². The lowest BCUT2D eigenvalue weighted by atomic mass is 9.94. The Morgan fingerprint density at radius 3 is 2.50 bits per heavy atom. The van der Waals surface area contributed by atoms with E-state index in [2.05, 4.69) is 33.7 Å². The largest absolute Gasteiger partial charge is 0.336 e. The number of fused-ring (bicyclic) bond motifs is 3. The predicted octanol–water partition coefficient (Wildman–Crippen LogP) is 5.31. The molecule has 2 aliphatic rings. The summed E-state index contributed by atoms with van der Waals surface area (Å²) in [6.45, 7) is 3.69. The van der Waals surface area contributed by atoms with Crippen LogP contribution in [-0.4, -0.2) is 57.3 Å². The molecular formula is C26H28N4OS. The first-order valence-corrected chi connectivity index (χ1v) is 12.6. The van der Waals surface area contributed by atoms with Crippen molar-refractivity contribution >= 4 is 32.4 Å². The van der Waals surface area contributed by atoms with Crippen molar-refractivity contribution < 1.29 is 4.79 Å². The van der Waals surface area contributed by atoms with Crippen LogP contribution in [0.2, 0.25) is 0 Å². The lowest BCUT2D eigenvalue weighted by Crippen LogP contribution is -2.52. The molecular weight excluding hydrogens is 416 g/mol. The summed E-state index contributed by atoms with van der Waals surface area (Å²) in [5, 5.41) is 0. The summed E-state index contributed by atoms with van der Waals surface area (Å²) in [6, 6.07) is 17.1. The van der Waals surface area contributed by atoms with E-state index in [1.165, 1.54) is 32.1 Å². The average Bonchev–Trinajstić information content (AvgIpc) is 3.42. The quantitative estimate of drug-likeness (QED) is 0.430. The fraction of sp³-hybridized carbons (Fsp3) is 0.385. The van der Waals surface area contributed by atoms with E-state index >= 15 is 0 Å². The summed E-state index contributed by atoms with van der Waals surface area (Å²) >= 11 is 1.65. The molecule has 1 amide bonds. The van der Waals surface area contributed by atoms with Crippen LogP contribution in [-0.2, 0) is 0 Å². The number of rotatable bonds is 3. The monoisotopic (exact) mass is 444 g/mol. The Labute approximate surface area is 192 Å². The summed E-state index contributed by atoms with van der Waals surface area (Å²) < 4.78 is 3.25. The maximum atomic E-state index is 13.2. The van der Waals surface area contributed by atoms with Gasteiger partial charge in [0, 0.05) is 49.5 Å². The topological polar surface area (TPSA) is 40.9 Å². The van der Waals surface area contributed by atoms with E-state index in [1.54, 1.807) is 11.3 Å². The number of carbonyl (C=O) groups excluding carboxylic acids is 1. The van der Waals surface area contributed by atoms with E-state index in [0.717, 1.165) is 64.2 Å². The molecule has 1 aliphatic heterocycles. The van der Waals surface area contributed by atoms with E-state index in [9.17, 15) is 4.79 Å². The van der Waals surface area contributed by atoms with E-state index < -0.39 is 0 Å². The van der Waals surface area contributed by atoms with Gasteiger partial charge in [0.05, 0.1) is 15.9 Å². The third kappa shape index (κ3) is 3.61. The number of piperazine rings is 1. The first kappa shape index (κ1) is 19.9. The molecule has 32 heavy (non-hydrogen) atoms. The van der Waals surface area contributed by atoms with Crippen LogP contribution in [0.15, 0.2) is 54.7 Å². The van der Waals surface area contributed by atoms with Crippen molar-refractivity contribution in [2.45, 2.75) is 38.1 Å². The number of benzene rings is 2. The van der Waals surface area contributed by atoms with Crippen LogP contribution >= 0.6 is 11.3 Å². The molecule has 0 atom stereocenters. The number of thiazole rings is 1. The predicted molar refractivity (Wildman–Crippen MR) is 130 cm³/mol. The van der Waals surface area contributed by atoms with Gasteiger partial charge in [-0.05, 0) is 31.0 Å². The van der Waals surface area contributed by atoms with E-state index in [4.69, 9.17) is 4.98 Å². The van der Waals surface area contributed by atoms with Gasteiger partial charge in [-0.1, -0.05) is 60.9 Å². The molecule has 2 aromatic heterocycles. The highest BCUT2D eigenvalue weighted by molar-refractivity contribution is 7.23. The minimum absolute atomic E-state index is 0.159. The van der Waals surface area contributed by atoms with Crippen LogP contribution in [0.4, 0.5) is 0 Å². The van der Waals surface area contributed by atoms with Crippen molar-refractivity contribution in [3.05, 3.63) is 60.3 Å². The molecule has 2 fully saturated rings. The Morgan fingerprint density at radius 1 is 0.938 bits per heavy atom. The molecule has 0 N–H and O–H groups in total. The molecule has 2 aromatic carbocycles. The number of aromatic nitrogens is 2. The van der Waals surface area contributed by atoms with Gasteiger partial charge in [-0.15, -0.1) is 0 Å². The van der Waals surface area contributed by atoms with Gasteiger partial charge in [-0.3, -0.25) is 14.1 Å². The third-order valence-electron chi connectivity index (χ3n) is 7.10. The van der Waals surface area contributed by atoms with Crippen molar-refractivity contribution in [2.24, 2.45) is 0 Å². The van der Waals surface area contributed by atoms with Crippen LogP contribution in [0.1, 0.15) is 42.5 Å². The van der Waals surface area contributed by atoms with Gasteiger partial charge >= 0.3 is 0 Å². The Kier molecular flexibility index (Phi) is 5.20. The number of carbonyl (C=O) groups is 1. The molecule has 5 nitrogen and oxygen atoms in total. The standard InChI is InChI=1S/C26H28N4OS/c31-25(29-15-13-28(14-16-29)21-9-5-2-6-10-21)20-11-12-23-24(17-20)32-26-27-22(18-30(23)26)19-7-3-1-4-8-19/h1,3-4,7-8,11-12,17-18,21H,2,5-6,9-10,13-16H2. The van der Waals surface area contributed by atoms with Gasteiger partial charge in [0.15, 0.2) is 4.96 Å². The Hall–Kier alpha value is -2.70. The Balaban J connectivity index is 1.19. The second kappa shape index (κ2) is 8.34. The molecule has 1 aliphatic carbocycles. The number of hydrogen-bond acceptors (Lipinski definition) is 4. The summed E-state index contributed by atoms with van der Waals surface area (Å²) in [4.78, 5) is 23.6. The molecule has 0 spiro atoms. The molecule has 1 saturated heterocycles. The number of amides is 1. The Bertz CT molecular complexity index is 1250. The summed E-state index contributed by atoms with van der Waals surface area (Å²) in [7, 11) is 0. The molecule has 6 rings (SSSR count). The smallest absolute Gasteiger partial charge is 0.253 e. The maximum Gasteiger partial charge on any atom is 0.253 e. The van der Waals surface area contributed by atoms with Crippen molar-refractivity contribution in [3.63, 3.8) is 0 Å². The zero-order chi connectivity index (χ0) is 21.5. The SMILES string of the molecule is O=C(c1ccc2c(c1)sc1nc(-c3ccccc3)cn12)N1CCN(C2CCCCC2)CC1. The third-order valence-corrected chi connectivity index (χ3v) is 8.12. The van der Waals surface area contributed by atoms with E-state index in [-0.39, 0.29) is 5.91 Å². The lowest BCUT2D eigenvalue weighted by Gasteiger charge is -2.40. The van der Waals surface area contributed by atoms with Crippen molar-refractivity contribution in [3.8, 4) is 11.3 Å². The molecule has 164 valence electrons. The highest BCUT2D eigenvalue weighted by Crippen LogP contribution is 2.30. The molecule has 0 bridgehead atoms. The molecule has 0 radical (unpaired) electrons. The fourth-order valence-electron chi connectivity index (χ4n) is 5.30. The second-order valence-electron chi connectivity index (χ2n) is 9.05. The average molecular weight is 445 g/mol. The number of imidazole rings is 1. The first-order chi connectivity index (χ1) is 15.8. The maximum absolute atomic E-state index is 13.2. The minimum atomic E-state index is 0.159. The number of nitrogens with zero attached hydrogens (tertiary/aromatic N) is 4. The lowest BCUT2D eigenvalue weighted by molar-refractivity contribution is 0.0523. The van der Waals surface area contributed by atoms with E-state index in [0.29, 0.717) is 0 Å². The van der Waals surface area contributed by atoms with Gasteiger partial charge in [0.25, 0.3) is 5.91 Å². The van der Waals surface area contributed by atoms with Crippen LogP contribution in [0.3, 0.4) is 0 Å². The molecule has 3 heterocycles. The van der Waals surface area contributed by atoms with Crippen molar-refractivity contribution in [1.82, 2.24) is 19.2 Å². The highest BCUT2D eigenvalue weighted by atomic mass is 32.1. The number of hydrogen-bond donors (Lipinski definition) is 0. The molecule has 4 aromatic rings. The Morgan fingerprint density at radius 2 is 1.72 bits per heavy atom. The molecule has 0 unspecified atom stereocenters. The molecule has 6 heteroatoms. The van der Waals surface area contributed by atoms with Crippen LogP contribution < -0.4 is 0 Å². The van der Waals surface area contributed by atoms with Gasteiger partial charge in [0.1, 0.15) is 0 Å². The first-order valence-electron chi connectivity index (χ1n) is 11.8. The highest BCUT2D eigenvalue weighted by Gasteiger charge is 2.27. The molecule has 1 saturated carbocycles. The zero-order valence-corrected chi connectivity index (χ0v) is 19.1. The summed E-state index contributed by atoms with van der Waals surface area (Å²) in [5.74, 6) is 0.159. The van der Waals surface area contributed by atoms with Gasteiger partial charge < -0.3 is 4.90 Å².